The van der Waals surface area contributed by atoms with Gasteiger partial charge in [0.05, 0.1) is 21.4 Å². The lowest BCUT2D eigenvalue weighted by Crippen LogP contribution is -2.56. The standard InChI is InChI=1S/C23H25BrClF3N4O3/c1-13-12-31(21(34)22(2,3)4)7-8-32(13)18-6-5-15(11-29-18)30-20(33)14-9-16(25)19(24)17(10-14)35-23(26,27)28/h5-6,9-11,13H,7-8,12H2,1-4H3,(H,30,33). The first kappa shape index (κ1) is 27.1. The zero-order valence-corrected chi connectivity index (χ0v) is 21.9. The van der Waals surface area contributed by atoms with Crippen LogP contribution < -0.4 is 15.0 Å². The molecule has 0 aliphatic carbocycles. The summed E-state index contributed by atoms with van der Waals surface area (Å²) in [4.78, 5) is 33.5. The van der Waals surface area contributed by atoms with E-state index in [-0.39, 0.29) is 27.0 Å². The largest absolute Gasteiger partial charge is 0.573 e. The van der Waals surface area contributed by atoms with Gasteiger partial charge in [-0.15, -0.1) is 13.2 Å². The number of amides is 2. The zero-order valence-electron chi connectivity index (χ0n) is 19.5. The van der Waals surface area contributed by atoms with Gasteiger partial charge < -0.3 is 19.9 Å². The van der Waals surface area contributed by atoms with E-state index in [9.17, 15) is 22.8 Å². The molecule has 2 amide bonds. The van der Waals surface area contributed by atoms with Crippen molar-refractivity contribution >= 4 is 50.9 Å². The van der Waals surface area contributed by atoms with Crippen molar-refractivity contribution < 1.29 is 27.5 Å². The highest BCUT2D eigenvalue weighted by atomic mass is 79.9. The molecule has 12 heteroatoms. The molecule has 1 aromatic heterocycles. The molecule has 2 aromatic rings. The fraction of sp³-hybridized carbons (Fsp3) is 0.435. The maximum absolute atomic E-state index is 12.6. The van der Waals surface area contributed by atoms with Gasteiger partial charge in [0.25, 0.3) is 5.91 Å². The van der Waals surface area contributed by atoms with Gasteiger partial charge in [0.2, 0.25) is 5.91 Å². The number of nitrogens with one attached hydrogen (secondary N) is 1. The lowest BCUT2D eigenvalue weighted by Gasteiger charge is -2.42. The number of halogens is 5. The Hall–Kier alpha value is -2.53. The van der Waals surface area contributed by atoms with E-state index in [4.69, 9.17) is 11.6 Å². The quantitative estimate of drug-likeness (QED) is 0.502. The predicted octanol–water partition coefficient (Wildman–Crippen LogP) is 5.73. The maximum atomic E-state index is 12.6. The molecule has 1 fully saturated rings. The third kappa shape index (κ3) is 6.78. The molecule has 0 radical (unpaired) electrons. The van der Waals surface area contributed by atoms with Crippen LogP contribution in [0.3, 0.4) is 0 Å². The van der Waals surface area contributed by atoms with E-state index in [0.717, 1.165) is 6.07 Å². The number of piperazine rings is 1. The van der Waals surface area contributed by atoms with Gasteiger partial charge in [0, 0.05) is 36.7 Å². The van der Waals surface area contributed by atoms with Gasteiger partial charge in [-0.2, -0.15) is 0 Å². The Morgan fingerprint density at radius 3 is 2.43 bits per heavy atom. The number of nitrogens with zero attached hydrogens (tertiary/aromatic N) is 3. The SMILES string of the molecule is CC1CN(C(=O)C(C)(C)C)CCN1c1ccc(NC(=O)c2cc(Cl)c(Br)c(OC(F)(F)F)c2)cn1. The number of anilines is 2. The Morgan fingerprint density at radius 1 is 1.20 bits per heavy atom. The molecule has 0 saturated carbocycles. The number of benzene rings is 1. The minimum absolute atomic E-state index is 0.0416. The molecule has 3 rings (SSSR count). The number of alkyl halides is 3. The number of aromatic nitrogens is 1. The summed E-state index contributed by atoms with van der Waals surface area (Å²) < 4.78 is 41.8. The van der Waals surface area contributed by atoms with Crippen molar-refractivity contribution in [3.05, 3.63) is 45.5 Å². The van der Waals surface area contributed by atoms with E-state index < -0.39 is 23.4 Å². The first-order chi connectivity index (χ1) is 16.2. The Balaban J connectivity index is 1.68. The minimum atomic E-state index is -4.94. The first-order valence-electron chi connectivity index (χ1n) is 10.7. The second kappa shape index (κ2) is 10.2. The number of carbonyl (C=O) groups excluding carboxylic acids is 2. The van der Waals surface area contributed by atoms with Crippen LogP contribution in [0.15, 0.2) is 34.9 Å². The summed E-state index contributed by atoms with van der Waals surface area (Å²) in [5, 5.41) is 2.48. The van der Waals surface area contributed by atoms with Crippen LogP contribution >= 0.6 is 27.5 Å². The van der Waals surface area contributed by atoms with Crippen LogP contribution in [0.25, 0.3) is 0 Å². The number of ether oxygens (including phenoxy) is 1. The molecular formula is C23H25BrClF3N4O3. The summed E-state index contributed by atoms with van der Waals surface area (Å²) in [6.07, 6.45) is -3.48. The van der Waals surface area contributed by atoms with E-state index >= 15 is 0 Å². The highest BCUT2D eigenvalue weighted by Crippen LogP contribution is 2.37. The Kier molecular flexibility index (Phi) is 7.90. The second-order valence-corrected chi connectivity index (χ2v) is 10.4. The monoisotopic (exact) mass is 576 g/mol. The summed E-state index contributed by atoms with van der Waals surface area (Å²) in [6.45, 7) is 9.46. The van der Waals surface area contributed by atoms with Crippen molar-refractivity contribution in [3.63, 3.8) is 0 Å². The van der Waals surface area contributed by atoms with Crippen LogP contribution in [0, 0.1) is 5.41 Å². The minimum Gasteiger partial charge on any atom is -0.405 e. The summed E-state index contributed by atoms with van der Waals surface area (Å²) in [5.41, 5.74) is -0.210. The Bertz CT molecular complexity index is 1110. The molecule has 2 heterocycles. The normalized spacial score (nSPS) is 16.8. The summed E-state index contributed by atoms with van der Waals surface area (Å²) in [5.74, 6) is -0.511. The molecule has 0 bridgehead atoms. The van der Waals surface area contributed by atoms with Gasteiger partial charge in [0.15, 0.2) is 0 Å². The maximum Gasteiger partial charge on any atom is 0.573 e. The molecule has 0 spiro atoms. The third-order valence-electron chi connectivity index (χ3n) is 5.34. The van der Waals surface area contributed by atoms with Gasteiger partial charge in [0.1, 0.15) is 11.6 Å². The predicted molar refractivity (Wildman–Crippen MR) is 131 cm³/mol. The van der Waals surface area contributed by atoms with Crippen LogP contribution in [0.5, 0.6) is 5.75 Å². The van der Waals surface area contributed by atoms with Crippen molar-refractivity contribution in [1.29, 1.82) is 0 Å². The lowest BCUT2D eigenvalue weighted by atomic mass is 9.94. The molecule has 1 saturated heterocycles. The second-order valence-electron chi connectivity index (χ2n) is 9.22. The van der Waals surface area contributed by atoms with E-state index in [1.54, 1.807) is 12.1 Å². The van der Waals surface area contributed by atoms with Gasteiger partial charge >= 0.3 is 6.36 Å². The van der Waals surface area contributed by atoms with Crippen LogP contribution in [0.4, 0.5) is 24.7 Å². The number of hydrogen-bond donors (Lipinski definition) is 1. The molecule has 1 aromatic carbocycles. The van der Waals surface area contributed by atoms with E-state index in [1.807, 2.05) is 32.6 Å². The van der Waals surface area contributed by atoms with Crippen molar-refractivity contribution in [3.8, 4) is 5.75 Å². The third-order valence-corrected chi connectivity index (χ3v) is 6.68. The van der Waals surface area contributed by atoms with E-state index in [0.29, 0.717) is 31.1 Å². The average Bonchev–Trinajstić information content (AvgIpc) is 2.75. The zero-order chi connectivity index (χ0) is 26.1. The Labute approximate surface area is 214 Å². The number of pyridine rings is 1. The fourth-order valence-corrected chi connectivity index (χ4v) is 4.20. The molecular weight excluding hydrogens is 553 g/mol. The smallest absolute Gasteiger partial charge is 0.405 e. The molecule has 1 N–H and O–H groups in total. The van der Waals surface area contributed by atoms with Crippen molar-refractivity contribution in [1.82, 2.24) is 9.88 Å². The molecule has 1 aliphatic rings. The number of rotatable bonds is 4. The van der Waals surface area contributed by atoms with Crippen molar-refractivity contribution in [2.75, 3.05) is 29.9 Å². The molecule has 1 aliphatic heterocycles. The topological polar surface area (TPSA) is 74.8 Å². The molecule has 7 nitrogen and oxygen atoms in total. The van der Waals surface area contributed by atoms with Crippen molar-refractivity contribution in [2.45, 2.75) is 40.1 Å². The molecule has 1 unspecified atom stereocenters. The lowest BCUT2D eigenvalue weighted by molar-refractivity contribution is -0.274. The highest BCUT2D eigenvalue weighted by Gasteiger charge is 2.34. The van der Waals surface area contributed by atoms with E-state index in [1.165, 1.54) is 12.3 Å². The fourth-order valence-electron chi connectivity index (χ4n) is 3.68. The highest BCUT2D eigenvalue weighted by molar-refractivity contribution is 9.10. The Morgan fingerprint density at radius 2 is 1.89 bits per heavy atom. The average molecular weight is 578 g/mol. The van der Waals surface area contributed by atoms with E-state index in [2.05, 4.69) is 35.9 Å². The van der Waals surface area contributed by atoms with Crippen molar-refractivity contribution in [2.24, 2.45) is 5.41 Å². The van der Waals surface area contributed by atoms with Crippen LogP contribution in [0.1, 0.15) is 38.1 Å². The van der Waals surface area contributed by atoms with Crippen LogP contribution in [-0.4, -0.2) is 53.7 Å². The van der Waals surface area contributed by atoms with Crippen LogP contribution in [-0.2, 0) is 4.79 Å². The van der Waals surface area contributed by atoms with Crippen LogP contribution in [0.2, 0.25) is 5.02 Å². The molecule has 35 heavy (non-hydrogen) atoms. The van der Waals surface area contributed by atoms with Gasteiger partial charge in [-0.3, -0.25) is 9.59 Å². The summed E-state index contributed by atoms with van der Waals surface area (Å²) in [7, 11) is 0. The molecule has 190 valence electrons. The summed E-state index contributed by atoms with van der Waals surface area (Å²) in [6, 6.07) is 5.60. The summed E-state index contributed by atoms with van der Waals surface area (Å²) >= 11 is 8.88. The van der Waals surface area contributed by atoms with Gasteiger partial charge in [-0.25, -0.2) is 4.98 Å². The number of carbonyl (C=O) groups is 2. The van der Waals surface area contributed by atoms with Gasteiger partial charge in [-0.05, 0) is 47.1 Å². The van der Waals surface area contributed by atoms with Gasteiger partial charge in [-0.1, -0.05) is 32.4 Å². The number of hydrogen-bond acceptors (Lipinski definition) is 5. The first-order valence-corrected chi connectivity index (χ1v) is 11.9. The molecule has 1 atom stereocenters.